The molecular weight excluding hydrogens is 252 g/mol. The molecule has 0 amide bonds. The highest BCUT2D eigenvalue weighted by Gasteiger charge is 2.03. The van der Waals surface area contributed by atoms with Crippen LogP contribution in [0.4, 0.5) is 5.82 Å². The lowest BCUT2D eigenvalue weighted by molar-refractivity contribution is 0.818. The molecule has 6 heteroatoms. The SMILES string of the molecule is CNCCNc1ccc(-c2ccc3nc[nH]c3c2)nn1. The van der Waals surface area contributed by atoms with Crippen LogP contribution in [0.3, 0.4) is 0 Å². The Morgan fingerprint density at radius 1 is 1.10 bits per heavy atom. The Morgan fingerprint density at radius 2 is 2.05 bits per heavy atom. The molecule has 2 aromatic heterocycles. The number of nitrogens with one attached hydrogen (secondary N) is 3. The van der Waals surface area contributed by atoms with Crippen LogP contribution in [-0.4, -0.2) is 40.3 Å². The Kier molecular flexibility index (Phi) is 3.56. The van der Waals surface area contributed by atoms with E-state index in [9.17, 15) is 0 Å². The zero-order valence-electron chi connectivity index (χ0n) is 11.2. The van der Waals surface area contributed by atoms with E-state index in [0.29, 0.717) is 0 Å². The lowest BCUT2D eigenvalue weighted by atomic mass is 10.1. The van der Waals surface area contributed by atoms with Crippen molar-refractivity contribution in [2.75, 3.05) is 25.5 Å². The quantitative estimate of drug-likeness (QED) is 0.613. The van der Waals surface area contributed by atoms with Gasteiger partial charge in [0, 0.05) is 18.7 Å². The lowest BCUT2D eigenvalue weighted by Gasteiger charge is -2.05. The summed E-state index contributed by atoms with van der Waals surface area (Å²) < 4.78 is 0. The number of anilines is 1. The van der Waals surface area contributed by atoms with E-state index in [4.69, 9.17) is 0 Å². The van der Waals surface area contributed by atoms with Crippen LogP contribution in [0.5, 0.6) is 0 Å². The van der Waals surface area contributed by atoms with Crippen molar-refractivity contribution in [3.8, 4) is 11.3 Å². The van der Waals surface area contributed by atoms with Crippen LogP contribution in [0, 0.1) is 0 Å². The van der Waals surface area contributed by atoms with Crippen molar-refractivity contribution in [2.24, 2.45) is 0 Å². The van der Waals surface area contributed by atoms with Gasteiger partial charge < -0.3 is 15.6 Å². The summed E-state index contributed by atoms with van der Waals surface area (Å²) in [6, 6.07) is 9.91. The number of aromatic amines is 1. The van der Waals surface area contributed by atoms with Crippen molar-refractivity contribution >= 4 is 16.9 Å². The largest absolute Gasteiger partial charge is 0.367 e. The van der Waals surface area contributed by atoms with Gasteiger partial charge in [-0.25, -0.2) is 4.98 Å². The number of H-pyrrole nitrogens is 1. The molecule has 0 fully saturated rings. The van der Waals surface area contributed by atoms with Gasteiger partial charge in [-0.3, -0.25) is 0 Å². The van der Waals surface area contributed by atoms with Gasteiger partial charge in [-0.15, -0.1) is 10.2 Å². The lowest BCUT2D eigenvalue weighted by Crippen LogP contribution is -2.18. The molecule has 0 atom stereocenters. The summed E-state index contributed by atoms with van der Waals surface area (Å²) in [4.78, 5) is 7.30. The monoisotopic (exact) mass is 268 g/mol. The number of imidazole rings is 1. The molecule has 0 aliphatic heterocycles. The van der Waals surface area contributed by atoms with Gasteiger partial charge in [-0.05, 0) is 31.3 Å². The minimum absolute atomic E-state index is 0.784. The Labute approximate surface area is 116 Å². The molecule has 0 unspecified atom stereocenters. The fourth-order valence-corrected chi connectivity index (χ4v) is 1.99. The topological polar surface area (TPSA) is 78.5 Å². The number of fused-ring (bicyclic) bond motifs is 1. The molecule has 6 nitrogen and oxygen atoms in total. The molecule has 0 aliphatic rings. The summed E-state index contributed by atoms with van der Waals surface area (Å²) in [7, 11) is 1.92. The minimum Gasteiger partial charge on any atom is -0.367 e. The predicted molar refractivity (Wildman–Crippen MR) is 79.5 cm³/mol. The fraction of sp³-hybridized carbons (Fsp3) is 0.214. The number of nitrogens with zero attached hydrogens (tertiary/aromatic N) is 3. The number of benzene rings is 1. The maximum absolute atomic E-state index is 4.25. The first-order valence-corrected chi connectivity index (χ1v) is 6.52. The Hall–Kier alpha value is -2.47. The third-order valence-corrected chi connectivity index (χ3v) is 3.06. The van der Waals surface area contributed by atoms with E-state index in [1.807, 2.05) is 37.4 Å². The van der Waals surface area contributed by atoms with Crippen molar-refractivity contribution in [1.29, 1.82) is 0 Å². The zero-order chi connectivity index (χ0) is 13.8. The summed E-state index contributed by atoms with van der Waals surface area (Å²) in [6.07, 6.45) is 1.69. The molecule has 0 radical (unpaired) electrons. The van der Waals surface area contributed by atoms with Crippen molar-refractivity contribution in [1.82, 2.24) is 25.5 Å². The fourth-order valence-electron chi connectivity index (χ4n) is 1.99. The first-order valence-electron chi connectivity index (χ1n) is 6.52. The molecule has 102 valence electrons. The van der Waals surface area contributed by atoms with E-state index in [-0.39, 0.29) is 0 Å². The summed E-state index contributed by atoms with van der Waals surface area (Å²) in [5, 5.41) is 14.7. The molecule has 0 aliphatic carbocycles. The van der Waals surface area contributed by atoms with Crippen LogP contribution in [0.15, 0.2) is 36.7 Å². The van der Waals surface area contributed by atoms with Gasteiger partial charge in [-0.2, -0.15) is 0 Å². The van der Waals surface area contributed by atoms with Crippen LogP contribution >= 0.6 is 0 Å². The predicted octanol–water partition coefficient (Wildman–Crippen LogP) is 1.65. The molecule has 3 aromatic rings. The second-order valence-corrected chi connectivity index (χ2v) is 4.47. The molecule has 20 heavy (non-hydrogen) atoms. The second kappa shape index (κ2) is 5.66. The number of likely N-dealkylation sites (N-methyl/N-ethyl adjacent to an activating group) is 1. The van der Waals surface area contributed by atoms with E-state index in [1.54, 1.807) is 6.33 Å². The van der Waals surface area contributed by atoms with Crippen molar-refractivity contribution in [3.63, 3.8) is 0 Å². The number of aromatic nitrogens is 4. The highest BCUT2D eigenvalue weighted by Crippen LogP contribution is 2.21. The second-order valence-electron chi connectivity index (χ2n) is 4.47. The third-order valence-electron chi connectivity index (χ3n) is 3.06. The average Bonchev–Trinajstić information content (AvgIpc) is 2.96. The van der Waals surface area contributed by atoms with Crippen LogP contribution in [-0.2, 0) is 0 Å². The van der Waals surface area contributed by atoms with Gasteiger partial charge in [0.05, 0.1) is 23.1 Å². The van der Waals surface area contributed by atoms with E-state index >= 15 is 0 Å². The van der Waals surface area contributed by atoms with Crippen LogP contribution < -0.4 is 10.6 Å². The molecule has 3 N–H and O–H groups in total. The van der Waals surface area contributed by atoms with Gasteiger partial charge >= 0.3 is 0 Å². The maximum atomic E-state index is 4.25. The Bertz CT molecular complexity index is 688. The van der Waals surface area contributed by atoms with Gasteiger partial charge in [0.25, 0.3) is 0 Å². The summed E-state index contributed by atoms with van der Waals surface area (Å²) in [6.45, 7) is 1.71. The van der Waals surface area contributed by atoms with E-state index in [1.165, 1.54) is 0 Å². The average molecular weight is 268 g/mol. The molecule has 2 heterocycles. The van der Waals surface area contributed by atoms with Crippen LogP contribution in [0.1, 0.15) is 0 Å². The minimum atomic E-state index is 0.784. The van der Waals surface area contributed by atoms with Crippen molar-refractivity contribution in [3.05, 3.63) is 36.7 Å². The highest BCUT2D eigenvalue weighted by molar-refractivity contribution is 5.80. The molecule has 0 bridgehead atoms. The molecular formula is C14H16N6. The molecule has 0 saturated carbocycles. The van der Waals surface area contributed by atoms with Gasteiger partial charge in [0.2, 0.25) is 0 Å². The number of hydrogen-bond donors (Lipinski definition) is 3. The normalized spacial score (nSPS) is 10.8. The molecule has 1 aromatic carbocycles. The molecule has 0 saturated heterocycles. The summed E-state index contributed by atoms with van der Waals surface area (Å²) >= 11 is 0. The molecule has 3 rings (SSSR count). The van der Waals surface area contributed by atoms with Crippen LogP contribution in [0.25, 0.3) is 22.3 Å². The summed E-state index contributed by atoms with van der Waals surface area (Å²) in [5.41, 5.74) is 3.82. The van der Waals surface area contributed by atoms with E-state index in [0.717, 1.165) is 41.2 Å². The zero-order valence-corrected chi connectivity index (χ0v) is 11.2. The first-order chi connectivity index (χ1) is 9.86. The van der Waals surface area contributed by atoms with E-state index < -0.39 is 0 Å². The third kappa shape index (κ3) is 2.60. The van der Waals surface area contributed by atoms with Crippen LogP contribution in [0.2, 0.25) is 0 Å². The Balaban J connectivity index is 1.79. The first kappa shape index (κ1) is 12.6. The van der Waals surface area contributed by atoms with Crippen molar-refractivity contribution < 1.29 is 0 Å². The van der Waals surface area contributed by atoms with Gasteiger partial charge in [0.15, 0.2) is 0 Å². The highest BCUT2D eigenvalue weighted by atomic mass is 15.2. The summed E-state index contributed by atoms with van der Waals surface area (Å²) in [5.74, 6) is 0.784. The van der Waals surface area contributed by atoms with Gasteiger partial charge in [-0.1, -0.05) is 6.07 Å². The smallest absolute Gasteiger partial charge is 0.148 e. The van der Waals surface area contributed by atoms with E-state index in [2.05, 4.69) is 30.8 Å². The standard InChI is InChI=1S/C14H16N6/c1-15-6-7-16-14-5-4-11(19-20-14)10-2-3-12-13(8-10)18-9-17-12/h2-5,8-9,15H,6-7H2,1H3,(H,16,20)(H,17,18). The van der Waals surface area contributed by atoms with Gasteiger partial charge in [0.1, 0.15) is 5.82 Å². The Morgan fingerprint density at radius 3 is 2.85 bits per heavy atom. The maximum Gasteiger partial charge on any atom is 0.148 e. The number of hydrogen-bond acceptors (Lipinski definition) is 5. The number of rotatable bonds is 5. The molecule has 0 spiro atoms. The van der Waals surface area contributed by atoms with Crippen molar-refractivity contribution in [2.45, 2.75) is 0 Å².